The van der Waals surface area contributed by atoms with Gasteiger partial charge in [-0.3, -0.25) is 14.9 Å². The number of benzene rings is 1. The zero-order valence-corrected chi connectivity index (χ0v) is 16.4. The molecule has 1 atom stereocenters. The number of carbonyl (C=O) groups excluding carboxylic acids is 1. The van der Waals surface area contributed by atoms with E-state index in [0.29, 0.717) is 38.5 Å². The molecule has 2 N–H and O–H groups in total. The predicted molar refractivity (Wildman–Crippen MR) is 102 cm³/mol. The molecule has 1 aromatic carbocycles. The third kappa shape index (κ3) is 5.96. The largest absolute Gasteiger partial charge is 0.416 e. The molecule has 2 rings (SSSR count). The van der Waals surface area contributed by atoms with Gasteiger partial charge in [-0.2, -0.15) is 13.2 Å². The molecule has 11 heteroatoms. The van der Waals surface area contributed by atoms with Crippen LogP contribution in [0.4, 0.5) is 24.5 Å². The van der Waals surface area contributed by atoms with E-state index < -0.39 is 22.4 Å². The highest BCUT2D eigenvalue weighted by atomic mass is 35.5. The van der Waals surface area contributed by atoms with Crippen LogP contribution < -0.4 is 15.5 Å². The number of nitrogens with zero attached hydrogens (tertiary/aromatic N) is 2. The van der Waals surface area contributed by atoms with E-state index in [1.807, 2.05) is 6.92 Å². The van der Waals surface area contributed by atoms with Gasteiger partial charge in [0.05, 0.1) is 10.5 Å². The molecule has 0 saturated carbocycles. The maximum Gasteiger partial charge on any atom is 0.416 e. The number of likely N-dealkylation sites (N-methyl/N-ethyl adjacent to an activating group) is 1. The van der Waals surface area contributed by atoms with Crippen molar-refractivity contribution >= 4 is 29.7 Å². The molecule has 28 heavy (non-hydrogen) atoms. The molecule has 1 aromatic rings. The summed E-state index contributed by atoms with van der Waals surface area (Å²) in [6.45, 7) is 3.17. The number of nitro groups is 1. The summed E-state index contributed by atoms with van der Waals surface area (Å²) in [5.41, 5.74) is -1.47. The molecule has 158 valence electrons. The zero-order valence-electron chi connectivity index (χ0n) is 15.6. The molecule has 1 fully saturated rings. The molecule has 7 nitrogen and oxygen atoms in total. The number of piperidine rings is 1. The number of hydrogen-bond acceptors (Lipinski definition) is 5. The minimum absolute atomic E-state index is 0. The number of amides is 1. The minimum Gasteiger partial charge on any atom is -0.366 e. The van der Waals surface area contributed by atoms with E-state index in [0.717, 1.165) is 12.1 Å². The highest BCUT2D eigenvalue weighted by Gasteiger charge is 2.34. The molecule has 1 amide bonds. The molecule has 1 saturated heterocycles. The molecule has 0 aromatic heterocycles. The van der Waals surface area contributed by atoms with Gasteiger partial charge in [0, 0.05) is 37.7 Å². The summed E-state index contributed by atoms with van der Waals surface area (Å²) >= 11 is 0. The van der Waals surface area contributed by atoms with E-state index in [2.05, 4.69) is 10.6 Å². The normalized spacial score (nSPS) is 16.2. The van der Waals surface area contributed by atoms with Crippen LogP contribution >= 0.6 is 12.4 Å². The summed E-state index contributed by atoms with van der Waals surface area (Å²) in [5.74, 6) is -0.280. The zero-order chi connectivity index (χ0) is 20.2. The monoisotopic (exact) mass is 424 g/mol. The SMILES string of the molecule is CNC(C)CNC(=O)C1CCN(c2ccc(C(F)(F)F)cc2[N+](=O)[O-])CC1.Cl. The fourth-order valence-electron chi connectivity index (χ4n) is 3.00. The fourth-order valence-corrected chi connectivity index (χ4v) is 3.00. The van der Waals surface area contributed by atoms with Crippen LogP contribution in [0.15, 0.2) is 18.2 Å². The minimum atomic E-state index is -4.64. The Morgan fingerprint density at radius 2 is 1.96 bits per heavy atom. The van der Waals surface area contributed by atoms with Gasteiger partial charge < -0.3 is 15.5 Å². The number of hydrogen-bond donors (Lipinski definition) is 2. The topological polar surface area (TPSA) is 87.5 Å². The first-order valence-electron chi connectivity index (χ1n) is 8.69. The summed E-state index contributed by atoms with van der Waals surface area (Å²) in [7, 11) is 1.80. The van der Waals surface area contributed by atoms with E-state index in [1.165, 1.54) is 0 Å². The second kappa shape index (κ2) is 9.92. The van der Waals surface area contributed by atoms with Crippen molar-refractivity contribution in [1.82, 2.24) is 10.6 Å². The van der Waals surface area contributed by atoms with Gasteiger partial charge >= 0.3 is 6.18 Å². The molecule has 0 spiro atoms. The van der Waals surface area contributed by atoms with Crippen molar-refractivity contribution < 1.29 is 22.9 Å². The maximum absolute atomic E-state index is 12.8. The number of rotatable bonds is 6. The lowest BCUT2D eigenvalue weighted by molar-refractivity contribution is -0.384. The lowest BCUT2D eigenvalue weighted by Gasteiger charge is -2.33. The third-order valence-electron chi connectivity index (χ3n) is 4.78. The average Bonchev–Trinajstić information content (AvgIpc) is 2.64. The van der Waals surface area contributed by atoms with Gasteiger partial charge in [0.2, 0.25) is 5.91 Å². The molecule has 0 aliphatic carbocycles. The number of nitrogens with one attached hydrogen (secondary N) is 2. The van der Waals surface area contributed by atoms with Crippen LogP contribution in [0.25, 0.3) is 0 Å². The van der Waals surface area contributed by atoms with Gasteiger partial charge in [-0.25, -0.2) is 0 Å². The molecule has 1 heterocycles. The van der Waals surface area contributed by atoms with Gasteiger partial charge in [-0.1, -0.05) is 0 Å². The summed E-state index contributed by atoms with van der Waals surface area (Å²) in [5, 5.41) is 17.1. The van der Waals surface area contributed by atoms with Gasteiger partial charge in [-0.15, -0.1) is 12.4 Å². The number of halogens is 4. The summed E-state index contributed by atoms with van der Waals surface area (Å²) in [6, 6.07) is 2.69. The second-order valence-corrected chi connectivity index (χ2v) is 6.65. The van der Waals surface area contributed by atoms with Crippen LogP contribution in [0, 0.1) is 16.0 Å². The van der Waals surface area contributed by atoms with Gasteiger partial charge in [0.15, 0.2) is 0 Å². The van der Waals surface area contributed by atoms with E-state index in [9.17, 15) is 28.1 Å². The highest BCUT2D eigenvalue weighted by molar-refractivity contribution is 5.85. The number of nitro benzene ring substituents is 1. The Balaban J connectivity index is 0.00000392. The first-order valence-corrected chi connectivity index (χ1v) is 8.69. The van der Waals surface area contributed by atoms with E-state index in [-0.39, 0.29) is 36.0 Å². The van der Waals surface area contributed by atoms with E-state index >= 15 is 0 Å². The van der Waals surface area contributed by atoms with E-state index in [1.54, 1.807) is 11.9 Å². The summed E-state index contributed by atoms with van der Waals surface area (Å²) in [4.78, 5) is 24.3. The predicted octanol–water partition coefficient (Wildman–Crippen LogP) is 2.98. The highest BCUT2D eigenvalue weighted by Crippen LogP contribution is 2.37. The van der Waals surface area contributed by atoms with Crippen LogP contribution in [-0.2, 0) is 11.0 Å². The lowest BCUT2D eigenvalue weighted by Crippen LogP contribution is -2.44. The third-order valence-corrected chi connectivity index (χ3v) is 4.78. The Morgan fingerprint density at radius 1 is 1.36 bits per heavy atom. The van der Waals surface area contributed by atoms with Crippen molar-refractivity contribution in [2.75, 3.05) is 31.6 Å². The molecule has 1 unspecified atom stereocenters. The summed E-state index contributed by atoms with van der Waals surface area (Å²) in [6.07, 6.45) is -3.67. The second-order valence-electron chi connectivity index (χ2n) is 6.65. The van der Waals surface area contributed by atoms with Crippen LogP contribution in [0.2, 0.25) is 0 Å². The number of carbonyl (C=O) groups is 1. The Hall–Kier alpha value is -2.07. The van der Waals surface area contributed by atoms with Crippen molar-refractivity contribution in [3.8, 4) is 0 Å². The Morgan fingerprint density at radius 3 is 2.46 bits per heavy atom. The number of alkyl halides is 3. The first-order chi connectivity index (χ1) is 12.6. The first kappa shape index (κ1) is 24.0. The fraction of sp³-hybridized carbons (Fsp3) is 0.588. The smallest absolute Gasteiger partial charge is 0.366 e. The van der Waals surface area contributed by atoms with Crippen LogP contribution in [0.1, 0.15) is 25.3 Å². The summed E-state index contributed by atoms with van der Waals surface area (Å²) < 4.78 is 38.4. The molecule has 0 radical (unpaired) electrons. The Kier molecular flexibility index (Phi) is 8.49. The van der Waals surface area contributed by atoms with Gasteiger partial charge in [0.25, 0.3) is 5.69 Å². The van der Waals surface area contributed by atoms with Crippen molar-refractivity contribution in [2.24, 2.45) is 5.92 Å². The molecule has 1 aliphatic heterocycles. The van der Waals surface area contributed by atoms with Crippen molar-refractivity contribution in [1.29, 1.82) is 0 Å². The van der Waals surface area contributed by atoms with Crippen LogP contribution in [0.5, 0.6) is 0 Å². The maximum atomic E-state index is 12.8. The standard InChI is InChI=1S/C17H23F3N4O3.ClH/c1-11(21-2)10-22-16(25)12-5-7-23(8-6-12)14-4-3-13(17(18,19)20)9-15(14)24(26)27;/h3-4,9,11-12,21H,5-8,10H2,1-2H3,(H,22,25);1H. The Bertz CT molecular complexity index is 695. The average molecular weight is 425 g/mol. The molecule has 1 aliphatic rings. The van der Waals surface area contributed by atoms with Crippen molar-refractivity contribution in [2.45, 2.75) is 32.0 Å². The van der Waals surface area contributed by atoms with Gasteiger partial charge in [0.1, 0.15) is 5.69 Å². The quantitative estimate of drug-likeness (QED) is 0.541. The lowest BCUT2D eigenvalue weighted by atomic mass is 9.95. The molecular formula is C17H24ClF3N4O3. The Labute approximate surface area is 167 Å². The van der Waals surface area contributed by atoms with Gasteiger partial charge in [-0.05, 0) is 38.9 Å². The molecule has 0 bridgehead atoms. The van der Waals surface area contributed by atoms with Crippen molar-refractivity contribution in [3.63, 3.8) is 0 Å². The van der Waals surface area contributed by atoms with E-state index in [4.69, 9.17) is 0 Å². The molecular weight excluding hydrogens is 401 g/mol. The van der Waals surface area contributed by atoms with Crippen molar-refractivity contribution in [3.05, 3.63) is 33.9 Å². The van der Waals surface area contributed by atoms with Crippen LogP contribution in [0.3, 0.4) is 0 Å². The van der Waals surface area contributed by atoms with Crippen LogP contribution in [-0.4, -0.2) is 43.6 Å². The number of anilines is 1.